The summed E-state index contributed by atoms with van der Waals surface area (Å²) in [7, 11) is 1.36. The summed E-state index contributed by atoms with van der Waals surface area (Å²) >= 11 is 7.24. The van der Waals surface area contributed by atoms with Crippen molar-refractivity contribution < 1.29 is 9.53 Å². The van der Waals surface area contributed by atoms with Gasteiger partial charge in [-0.1, -0.05) is 17.7 Å². The van der Waals surface area contributed by atoms with E-state index in [0.717, 1.165) is 9.21 Å². The average molecular weight is 217 g/mol. The van der Waals surface area contributed by atoms with Crippen LogP contribution in [0.2, 0.25) is 4.34 Å². The SMILES string of the molecule is COC(=O)/C=C/Cc1ccc(Cl)s1. The van der Waals surface area contributed by atoms with Crippen LogP contribution < -0.4 is 0 Å². The summed E-state index contributed by atoms with van der Waals surface area (Å²) in [5.41, 5.74) is 0. The molecule has 4 heteroatoms. The Morgan fingerprint density at radius 2 is 2.46 bits per heavy atom. The van der Waals surface area contributed by atoms with Gasteiger partial charge in [-0.3, -0.25) is 0 Å². The van der Waals surface area contributed by atoms with Crippen molar-refractivity contribution in [1.29, 1.82) is 0 Å². The van der Waals surface area contributed by atoms with E-state index in [4.69, 9.17) is 11.6 Å². The summed E-state index contributed by atoms with van der Waals surface area (Å²) in [5.74, 6) is -0.331. The zero-order chi connectivity index (χ0) is 9.68. The second kappa shape index (κ2) is 5.04. The number of halogens is 1. The van der Waals surface area contributed by atoms with Crippen molar-refractivity contribution >= 4 is 28.9 Å². The molecule has 13 heavy (non-hydrogen) atoms. The van der Waals surface area contributed by atoms with Crippen LogP contribution in [0.15, 0.2) is 24.3 Å². The van der Waals surface area contributed by atoms with Crippen LogP contribution in [0.25, 0.3) is 0 Å². The van der Waals surface area contributed by atoms with Crippen molar-refractivity contribution in [1.82, 2.24) is 0 Å². The fourth-order valence-electron chi connectivity index (χ4n) is 0.801. The molecule has 1 aromatic heterocycles. The van der Waals surface area contributed by atoms with Crippen LogP contribution in [-0.2, 0) is 16.0 Å². The number of carbonyl (C=O) groups is 1. The highest BCUT2D eigenvalue weighted by Gasteiger charge is 1.95. The highest BCUT2D eigenvalue weighted by molar-refractivity contribution is 7.16. The quantitative estimate of drug-likeness (QED) is 0.574. The van der Waals surface area contributed by atoms with E-state index >= 15 is 0 Å². The number of hydrogen-bond acceptors (Lipinski definition) is 3. The predicted molar refractivity (Wildman–Crippen MR) is 54.2 cm³/mol. The molecule has 1 heterocycles. The normalized spacial score (nSPS) is 10.6. The summed E-state index contributed by atoms with van der Waals surface area (Å²) in [6.45, 7) is 0. The maximum Gasteiger partial charge on any atom is 0.330 e. The highest BCUT2D eigenvalue weighted by Crippen LogP contribution is 2.21. The molecule has 0 atom stereocenters. The summed E-state index contributed by atoms with van der Waals surface area (Å²) in [6.07, 6.45) is 3.88. The molecule has 0 unspecified atom stereocenters. The Labute approximate surface area is 85.8 Å². The Kier molecular flexibility index (Phi) is 3.99. The monoisotopic (exact) mass is 216 g/mol. The van der Waals surface area contributed by atoms with Gasteiger partial charge in [0.15, 0.2) is 0 Å². The van der Waals surface area contributed by atoms with Crippen LogP contribution in [0.3, 0.4) is 0 Å². The fourth-order valence-corrected chi connectivity index (χ4v) is 1.86. The first-order valence-corrected chi connectivity index (χ1v) is 4.90. The lowest BCUT2D eigenvalue weighted by Gasteiger charge is -1.89. The third-order valence-corrected chi connectivity index (χ3v) is 2.66. The number of carbonyl (C=O) groups excluding carboxylic acids is 1. The zero-order valence-corrected chi connectivity index (χ0v) is 8.69. The average Bonchev–Trinajstić information content (AvgIpc) is 2.51. The molecule has 0 fully saturated rings. The van der Waals surface area contributed by atoms with Crippen LogP contribution in [0.4, 0.5) is 0 Å². The molecule has 0 aliphatic rings. The molecular formula is C9H9ClO2S. The van der Waals surface area contributed by atoms with Crippen molar-refractivity contribution in [2.45, 2.75) is 6.42 Å². The van der Waals surface area contributed by atoms with E-state index in [1.54, 1.807) is 6.08 Å². The Bertz CT molecular complexity index is 317. The van der Waals surface area contributed by atoms with E-state index in [-0.39, 0.29) is 5.97 Å². The first-order valence-electron chi connectivity index (χ1n) is 3.71. The molecule has 0 N–H and O–H groups in total. The minimum atomic E-state index is -0.331. The number of rotatable bonds is 3. The zero-order valence-electron chi connectivity index (χ0n) is 7.12. The maximum atomic E-state index is 10.7. The molecule has 0 aromatic carbocycles. The Hall–Kier alpha value is -0.800. The molecule has 0 radical (unpaired) electrons. The van der Waals surface area contributed by atoms with Crippen molar-refractivity contribution in [3.8, 4) is 0 Å². The molecule has 70 valence electrons. The number of methoxy groups -OCH3 is 1. The van der Waals surface area contributed by atoms with Crippen molar-refractivity contribution in [2.24, 2.45) is 0 Å². The summed E-state index contributed by atoms with van der Waals surface area (Å²) < 4.78 is 5.21. The lowest BCUT2D eigenvalue weighted by atomic mass is 10.3. The first-order chi connectivity index (χ1) is 6.22. The van der Waals surface area contributed by atoms with Gasteiger partial charge in [0.1, 0.15) is 0 Å². The fraction of sp³-hybridized carbons (Fsp3) is 0.222. The van der Waals surface area contributed by atoms with Crippen LogP contribution in [-0.4, -0.2) is 13.1 Å². The van der Waals surface area contributed by atoms with E-state index in [1.807, 2.05) is 12.1 Å². The highest BCUT2D eigenvalue weighted by atomic mass is 35.5. The van der Waals surface area contributed by atoms with E-state index in [9.17, 15) is 4.79 Å². The summed E-state index contributed by atoms with van der Waals surface area (Å²) in [4.78, 5) is 11.8. The third-order valence-electron chi connectivity index (χ3n) is 1.40. The van der Waals surface area contributed by atoms with E-state index < -0.39 is 0 Å². The topological polar surface area (TPSA) is 26.3 Å². The van der Waals surface area contributed by atoms with E-state index in [1.165, 1.54) is 24.5 Å². The first kappa shape index (κ1) is 10.3. The smallest absolute Gasteiger partial charge is 0.330 e. The predicted octanol–water partition coefficient (Wildman–Crippen LogP) is 2.67. The minimum Gasteiger partial charge on any atom is -0.466 e. The molecule has 0 saturated carbocycles. The largest absolute Gasteiger partial charge is 0.466 e. The van der Waals surface area contributed by atoms with Gasteiger partial charge >= 0.3 is 5.97 Å². The second-order valence-corrected chi connectivity index (χ2v) is 4.14. The number of hydrogen-bond donors (Lipinski definition) is 0. The molecule has 1 rings (SSSR count). The molecule has 2 nitrogen and oxygen atoms in total. The lowest BCUT2D eigenvalue weighted by Crippen LogP contribution is -1.93. The number of thiophene rings is 1. The number of ether oxygens (including phenoxy) is 1. The molecular weight excluding hydrogens is 208 g/mol. The van der Waals surface area contributed by atoms with E-state index in [2.05, 4.69) is 4.74 Å². The minimum absolute atomic E-state index is 0.331. The molecule has 1 aromatic rings. The molecule has 0 spiro atoms. The number of allylic oxidation sites excluding steroid dienone is 1. The molecule has 0 saturated heterocycles. The van der Waals surface area contributed by atoms with Crippen molar-refractivity contribution in [3.05, 3.63) is 33.5 Å². The van der Waals surface area contributed by atoms with Crippen LogP contribution in [0.5, 0.6) is 0 Å². The van der Waals surface area contributed by atoms with Crippen molar-refractivity contribution in [2.75, 3.05) is 7.11 Å². The van der Waals surface area contributed by atoms with Crippen LogP contribution in [0.1, 0.15) is 4.88 Å². The van der Waals surface area contributed by atoms with E-state index in [0.29, 0.717) is 6.42 Å². The molecule has 0 aliphatic carbocycles. The van der Waals surface area contributed by atoms with Gasteiger partial charge < -0.3 is 4.74 Å². The van der Waals surface area contributed by atoms with Gasteiger partial charge in [-0.15, -0.1) is 11.3 Å². The summed E-state index contributed by atoms with van der Waals surface area (Å²) in [6, 6.07) is 3.78. The van der Waals surface area contributed by atoms with Crippen LogP contribution >= 0.6 is 22.9 Å². The van der Waals surface area contributed by atoms with Gasteiger partial charge in [0, 0.05) is 17.4 Å². The van der Waals surface area contributed by atoms with Crippen molar-refractivity contribution in [3.63, 3.8) is 0 Å². The summed E-state index contributed by atoms with van der Waals surface area (Å²) in [5, 5.41) is 0. The van der Waals surface area contributed by atoms with Gasteiger partial charge in [-0.2, -0.15) is 0 Å². The van der Waals surface area contributed by atoms with Gasteiger partial charge in [0.05, 0.1) is 11.4 Å². The third kappa shape index (κ3) is 3.61. The molecule has 0 aliphatic heterocycles. The lowest BCUT2D eigenvalue weighted by molar-refractivity contribution is -0.134. The van der Waals surface area contributed by atoms with Gasteiger partial charge in [-0.25, -0.2) is 4.79 Å². The Morgan fingerprint density at radius 3 is 3.00 bits per heavy atom. The Balaban J connectivity index is 2.43. The van der Waals surface area contributed by atoms with Gasteiger partial charge in [0.25, 0.3) is 0 Å². The molecule has 0 amide bonds. The van der Waals surface area contributed by atoms with Crippen LogP contribution in [0, 0.1) is 0 Å². The van der Waals surface area contributed by atoms with Gasteiger partial charge in [0.2, 0.25) is 0 Å². The number of esters is 1. The van der Waals surface area contributed by atoms with Gasteiger partial charge in [-0.05, 0) is 12.1 Å². The maximum absolute atomic E-state index is 10.7. The molecule has 0 bridgehead atoms. The standard InChI is InChI=1S/C9H9ClO2S/c1-12-9(11)4-2-3-7-5-6-8(10)13-7/h2,4-6H,3H2,1H3/b4-2+. The Morgan fingerprint density at radius 1 is 1.69 bits per heavy atom. The second-order valence-electron chi connectivity index (χ2n) is 2.34.